The molecule has 16 heteroatoms. The molecule has 0 aromatic heterocycles. The van der Waals surface area contributed by atoms with Crippen molar-refractivity contribution >= 4 is 173 Å². The second-order valence-electron chi connectivity index (χ2n) is 1.55. The SMILES string of the molecule is CC(=O)O.O=P(O)(O)O.O=P(O)(O)O.[CaH2].[CaH2].[CaH2].[CaH2]. The van der Waals surface area contributed by atoms with E-state index in [1.54, 1.807) is 0 Å². The van der Waals surface area contributed by atoms with Crippen molar-refractivity contribution in [1.82, 2.24) is 0 Å². The van der Waals surface area contributed by atoms with Gasteiger partial charge in [0.15, 0.2) is 0 Å². The summed E-state index contributed by atoms with van der Waals surface area (Å²) in [7, 11) is -9.28. The van der Waals surface area contributed by atoms with E-state index in [0.29, 0.717) is 0 Å². The van der Waals surface area contributed by atoms with Gasteiger partial charge in [-0.15, -0.1) is 0 Å². The van der Waals surface area contributed by atoms with Crippen molar-refractivity contribution < 1.29 is 48.4 Å². The minimum absolute atomic E-state index is 0. The first-order valence-corrected chi connectivity index (χ1v) is 5.62. The predicted molar refractivity (Wildman–Crippen MR) is 76.0 cm³/mol. The standard InChI is InChI=1S/C2H4O2.4Ca.2H3O4P.8H/c1-2(3)4;;;;;2*1-5(2,3)4;;;;;;;;/h1H3,(H,3,4);;;;;2*(H3,1,2,3,4);;;;;;;;. The van der Waals surface area contributed by atoms with E-state index in [4.69, 9.17) is 48.4 Å². The Morgan fingerprint density at radius 1 is 0.722 bits per heavy atom. The third-order valence-corrected chi connectivity index (χ3v) is 0. The zero-order valence-electron chi connectivity index (χ0n) is 6.75. The van der Waals surface area contributed by atoms with Crippen LogP contribution in [0.25, 0.3) is 0 Å². The molecule has 0 aliphatic heterocycles. The van der Waals surface area contributed by atoms with E-state index in [0.717, 1.165) is 6.92 Å². The van der Waals surface area contributed by atoms with Gasteiger partial charge >= 0.3 is 167 Å². The van der Waals surface area contributed by atoms with Crippen molar-refractivity contribution in [3.05, 3.63) is 0 Å². The number of carbonyl (C=O) groups is 1. The van der Waals surface area contributed by atoms with Crippen LogP contribution in [0.1, 0.15) is 6.92 Å². The summed E-state index contributed by atoms with van der Waals surface area (Å²) < 4.78 is 17.8. The summed E-state index contributed by atoms with van der Waals surface area (Å²) in [5.74, 6) is -0.833. The van der Waals surface area contributed by atoms with Crippen molar-refractivity contribution in [3.8, 4) is 0 Å². The van der Waals surface area contributed by atoms with Gasteiger partial charge in [0.2, 0.25) is 0 Å². The van der Waals surface area contributed by atoms with Crippen molar-refractivity contribution in [2.75, 3.05) is 0 Å². The Labute approximate surface area is 222 Å². The summed E-state index contributed by atoms with van der Waals surface area (Å²) in [6.07, 6.45) is 0. The van der Waals surface area contributed by atoms with Crippen LogP contribution in [0.3, 0.4) is 0 Å². The molecule has 0 aromatic carbocycles. The van der Waals surface area contributed by atoms with Gasteiger partial charge in [0.05, 0.1) is 0 Å². The molecule has 0 atom stereocenters. The second-order valence-corrected chi connectivity index (χ2v) is 3.60. The number of carboxylic acid groups (broad SMARTS) is 1. The molecule has 0 aromatic rings. The number of aliphatic carboxylic acids is 1. The Kier molecular flexibility index (Phi) is 57.8. The second kappa shape index (κ2) is 24.0. The first kappa shape index (κ1) is 43.4. The quantitative estimate of drug-likeness (QED) is 0.146. The van der Waals surface area contributed by atoms with Crippen LogP contribution in [-0.4, -0.2) is 191 Å². The van der Waals surface area contributed by atoms with Crippen LogP contribution in [-0.2, 0) is 13.9 Å². The van der Waals surface area contributed by atoms with E-state index >= 15 is 0 Å². The average molecular weight is 424 g/mol. The van der Waals surface area contributed by atoms with Crippen molar-refractivity contribution in [2.24, 2.45) is 0 Å². The number of hydrogen-bond acceptors (Lipinski definition) is 3. The first-order valence-electron chi connectivity index (χ1n) is 2.49. The molecule has 0 saturated heterocycles. The normalized spacial score (nSPS) is 7.94. The molecule has 0 unspecified atom stereocenters. The Morgan fingerprint density at radius 3 is 0.722 bits per heavy atom. The summed E-state index contributed by atoms with van der Waals surface area (Å²) >= 11 is 0. The van der Waals surface area contributed by atoms with Crippen LogP contribution >= 0.6 is 15.6 Å². The zero-order chi connectivity index (χ0) is 12.6. The van der Waals surface area contributed by atoms with E-state index in [1.807, 2.05) is 0 Å². The average Bonchev–Trinajstić information content (AvgIpc) is 1.45. The predicted octanol–water partition coefficient (Wildman–Crippen LogP) is -5.43. The Morgan fingerprint density at radius 2 is 0.722 bits per heavy atom. The fourth-order valence-electron chi connectivity index (χ4n) is 0. The molecule has 0 saturated carbocycles. The summed E-state index contributed by atoms with van der Waals surface area (Å²) in [5, 5.41) is 7.42. The van der Waals surface area contributed by atoms with E-state index in [1.165, 1.54) is 0 Å². The molecule has 18 heavy (non-hydrogen) atoms. The third-order valence-electron chi connectivity index (χ3n) is 0. The number of hydrogen-bond donors (Lipinski definition) is 7. The van der Waals surface area contributed by atoms with Gasteiger partial charge < -0.3 is 34.5 Å². The molecule has 0 heterocycles. The molecule has 0 amide bonds. The molecule has 0 bridgehead atoms. The van der Waals surface area contributed by atoms with Crippen LogP contribution in [0.5, 0.6) is 0 Å². The molecule has 0 fully saturated rings. The van der Waals surface area contributed by atoms with E-state index in [2.05, 4.69) is 0 Å². The van der Waals surface area contributed by atoms with Gasteiger partial charge in [-0.2, -0.15) is 0 Å². The molecule has 7 N–H and O–H groups in total. The number of phosphoric acid groups is 2. The van der Waals surface area contributed by atoms with E-state index in [9.17, 15) is 0 Å². The van der Waals surface area contributed by atoms with Gasteiger partial charge in [0.25, 0.3) is 5.97 Å². The van der Waals surface area contributed by atoms with Gasteiger partial charge in [-0.25, -0.2) is 9.13 Å². The van der Waals surface area contributed by atoms with Crippen LogP contribution in [0.2, 0.25) is 0 Å². The first-order chi connectivity index (χ1) is 5.73. The Hall–Kier alpha value is 4.73. The molecule has 10 nitrogen and oxygen atoms in total. The van der Waals surface area contributed by atoms with E-state index < -0.39 is 21.6 Å². The molecule has 104 valence electrons. The number of carboxylic acids is 1. The molecule has 0 aliphatic rings. The molecule has 0 spiro atoms. The summed E-state index contributed by atoms with van der Waals surface area (Å²) in [5.41, 5.74) is 0. The van der Waals surface area contributed by atoms with Crippen molar-refractivity contribution in [1.29, 1.82) is 0 Å². The molecule has 0 radical (unpaired) electrons. The van der Waals surface area contributed by atoms with Gasteiger partial charge in [0, 0.05) is 6.92 Å². The van der Waals surface area contributed by atoms with Crippen LogP contribution in [0.4, 0.5) is 0 Å². The zero-order valence-corrected chi connectivity index (χ0v) is 8.54. The maximum absolute atomic E-state index is 9.00. The maximum atomic E-state index is 9.00. The van der Waals surface area contributed by atoms with Gasteiger partial charge in [-0.05, 0) is 0 Å². The molecular formula is C2H18Ca4O10P2. The third kappa shape index (κ3) is 361. The van der Waals surface area contributed by atoms with Crippen molar-refractivity contribution in [2.45, 2.75) is 6.92 Å². The van der Waals surface area contributed by atoms with Gasteiger partial charge in [0.1, 0.15) is 0 Å². The number of rotatable bonds is 0. The van der Waals surface area contributed by atoms with Crippen LogP contribution < -0.4 is 0 Å². The topological polar surface area (TPSA) is 193 Å². The summed E-state index contributed by atoms with van der Waals surface area (Å²) in [6, 6.07) is 0. The van der Waals surface area contributed by atoms with Crippen molar-refractivity contribution in [3.63, 3.8) is 0 Å². The molecule has 0 aliphatic carbocycles. The summed E-state index contributed by atoms with van der Waals surface area (Å²) in [6.45, 7) is 1.08. The fourth-order valence-corrected chi connectivity index (χ4v) is 0. The molecule has 0 rings (SSSR count). The van der Waals surface area contributed by atoms with Gasteiger partial charge in [-0.3, -0.25) is 4.79 Å². The van der Waals surface area contributed by atoms with Gasteiger partial charge in [-0.1, -0.05) is 0 Å². The Bertz CT molecular complexity index is 206. The minimum atomic E-state index is -4.64. The fraction of sp³-hybridized carbons (Fsp3) is 0.500. The summed E-state index contributed by atoms with van der Waals surface area (Å²) in [4.78, 5) is 52.1. The molecular weight excluding hydrogens is 406 g/mol. The van der Waals surface area contributed by atoms with Crippen LogP contribution in [0.15, 0.2) is 0 Å². The Balaban J connectivity index is -0.0000000183. The monoisotopic (exact) mass is 424 g/mol. The van der Waals surface area contributed by atoms with E-state index in [-0.39, 0.29) is 151 Å². The van der Waals surface area contributed by atoms with Crippen LogP contribution in [0, 0.1) is 0 Å².